The van der Waals surface area contributed by atoms with E-state index in [4.69, 9.17) is 9.47 Å². The molecule has 1 N–H and O–H groups in total. The standard InChI is InChI=1S/C12H21NO4/c1-12(2,3)10(8-14)13-11(15)17-9-4-6-16-7-5-9/h8-10H,4-7H2,1-3H3,(H,13,15). The number of alkyl carbamates (subject to hydrolysis) is 1. The quantitative estimate of drug-likeness (QED) is 0.763. The van der Waals surface area contributed by atoms with Crippen molar-refractivity contribution in [2.75, 3.05) is 13.2 Å². The first-order valence-electron chi connectivity index (χ1n) is 5.93. The lowest BCUT2D eigenvalue weighted by molar-refractivity contribution is -0.111. The van der Waals surface area contributed by atoms with Crippen LogP contribution in [0.5, 0.6) is 0 Å². The Morgan fingerprint density at radius 2 is 2.00 bits per heavy atom. The molecule has 0 aromatic heterocycles. The van der Waals surface area contributed by atoms with Crippen molar-refractivity contribution >= 4 is 12.4 Å². The lowest BCUT2D eigenvalue weighted by atomic mass is 9.88. The number of hydrogen-bond donors (Lipinski definition) is 1. The second-order valence-corrected chi connectivity index (χ2v) is 5.34. The average molecular weight is 243 g/mol. The van der Waals surface area contributed by atoms with Gasteiger partial charge in [-0.2, -0.15) is 0 Å². The zero-order valence-electron chi connectivity index (χ0n) is 10.7. The molecule has 5 nitrogen and oxygen atoms in total. The minimum absolute atomic E-state index is 0.101. The van der Waals surface area contributed by atoms with Crippen LogP contribution in [0.3, 0.4) is 0 Å². The second kappa shape index (κ2) is 6.00. The smallest absolute Gasteiger partial charge is 0.408 e. The van der Waals surface area contributed by atoms with Crippen molar-refractivity contribution in [1.82, 2.24) is 5.32 Å². The van der Waals surface area contributed by atoms with Gasteiger partial charge in [0, 0.05) is 12.8 Å². The minimum Gasteiger partial charge on any atom is -0.446 e. The zero-order chi connectivity index (χ0) is 12.9. The van der Waals surface area contributed by atoms with E-state index >= 15 is 0 Å². The van der Waals surface area contributed by atoms with Crippen molar-refractivity contribution in [2.45, 2.75) is 45.8 Å². The summed E-state index contributed by atoms with van der Waals surface area (Å²) in [6.45, 7) is 6.91. The molecule has 1 atom stereocenters. The van der Waals surface area contributed by atoms with Crippen molar-refractivity contribution in [2.24, 2.45) is 5.41 Å². The summed E-state index contributed by atoms with van der Waals surface area (Å²) in [5.41, 5.74) is -0.309. The monoisotopic (exact) mass is 243 g/mol. The molecule has 1 rings (SSSR count). The Morgan fingerprint density at radius 3 is 2.47 bits per heavy atom. The Balaban J connectivity index is 2.39. The van der Waals surface area contributed by atoms with Gasteiger partial charge < -0.3 is 19.6 Å². The Hall–Kier alpha value is -1.10. The van der Waals surface area contributed by atoms with E-state index in [2.05, 4.69) is 5.32 Å². The highest BCUT2D eigenvalue weighted by molar-refractivity contribution is 5.73. The van der Waals surface area contributed by atoms with Gasteiger partial charge in [0.15, 0.2) is 0 Å². The van der Waals surface area contributed by atoms with Crippen LogP contribution in [-0.2, 0) is 14.3 Å². The van der Waals surface area contributed by atoms with Gasteiger partial charge >= 0.3 is 6.09 Å². The van der Waals surface area contributed by atoms with Gasteiger partial charge in [-0.05, 0) is 5.41 Å². The van der Waals surface area contributed by atoms with Crippen molar-refractivity contribution in [3.8, 4) is 0 Å². The zero-order valence-corrected chi connectivity index (χ0v) is 10.7. The van der Waals surface area contributed by atoms with Crippen LogP contribution in [0.25, 0.3) is 0 Å². The van der Waals surface area contributed by atoms with Gasteiger partial charge in [-0.25, -0.2) is 4.79 Å². The van der Waals surface area contributed by atoms with Gasteiger partial charge in [0.25, 0.3) is 0 Å². The molecule has 1 aliphatic rings. The van der Waals surface area contributed by atoms with Gasteiger partial charge in [0.05, 0.1) is 19.3 Å². The fraction of sp³-hybridized carbons (Fsp3) is 0.833. The maximum absolute atomic E-state index is 11.6. The van der Waals surface area contributed by atoms with E-state index < -0.39 is 12.1 Å². The summed E-state index contributed by atoms with van der Waals surface area (Å²) in [6, 6.07) is -0.533. The first-order chi connectivity index (χ1) is 7.93. The van der Waals surface area contributed by atoms with Crippen LogP contribution in [0, 0.1) is 5.41 Å². The van der Waals surface area contributed by atoms with Crippen molar-refractivity contribution in [3.05, 3.63) is 0 Å². The molecule has 98 valence electrons. The molecule has 0 spiro atoms. The van der Waals surface area contributed by atoms with Gasteiger partial charge in [-0.1, -0.05) is 20.8 Å². The molecule has 0 aromatic rings. The maximum Gasteiger partial charge on any atom is 0.408 e. The summed E-state index contributed by atoms with van der Waals surface area (Å²) in [7, 11) is 0. The summed E-state index contributed by atoms with van der Waals surface area (Å²) < 4.78 is 10.4. The molecule has 0 aliphatic carbocycles. The predicted molar refractivity (Wildman–Crippen MR) is 62.8 cm³/mol. The topological polar surface area (TPSA) is 64.6 Å². The molecule has 0 bridgehead atoms. The van der Waals surface area contributed by atoms with E-state index in [1.807, 2.05) is 20.8 Å². The van der Waals surface area contributed by atoms with Gasteiger partial charge in [-0.3, -0.25) is 0 Å². The summed E-state index contributed by atoms with van der Waals surface area (Å²) in [6.07, 6.45) is 1.55. The van der Waals surface area contributed by atoms with E-state index in [0.29, 0.717) is 26.1 Å². The predicted octanol–water partition coefficient (Wildman–Crippen LogP) is 1.51. The van der Waals surface area contributed by atoms with Crippen molar-refractivity contribution in [3.63, 3.8) is 0 Å². The molecule has 17 heavy (non-hydrogen) atoms. The summed E-state index contributed by atoms with van der Waals surface area (Å²) in [5, 5.41) is 2.58. The van der Waals surface area contributed by atoms with Crippen molar-refractivity contribution in [1.29, 1.82) is 0 Å². The van der Waals surface area contributed by atoms with Gasteiger partial charge in [0.1, 0.15) is 12.4 Å². The third kappa shape index (κ3) is 4.73. The number of hydrogen-bond acceptors (Lipinski definition) is 4. The highest BCUT2D eigenvalue weighted by atomic mass is 16.6. The van der Waals surface area contributed by atoms with Crippen LogP contribution in [0.1, 0.15) is 33.6 Å². The molecular formula is C12H21NO4. The Bertz CT molecular complexity index is 266. The van der Waals surface area contributed by atoms with E-state index in [1.54, 1.807) is 0 Å². The highest BCUT2D eigenvalue weighted by Crippen LogP contribution is 2.18. The van der Waals surface area contributed by atoms with Crippen LogP contribution in [0.15, 0.2) is 0 Å². The normalized spacial score (nSPS) is 19.5. The Kier molecular flexibility index (Phi) is 4.93. The van der Waals surface area contributed by atoms with E-state index in [-0.39, 0.29) is 11.5 Å². The van der Waals surface area contributed by atoms with Crippen LogP contribution >= 0.6 is 0 Å². The van der Waals surface area contributed by atoms with Crippen molar-refractivity contribution < 1.29 is 19.1 Å². The lowest BCUT2D eigenvalue weighted by Gasteiger charge is -2.28. The highest BCUT2D eigenvalue weighted by Gasteiger charge is 2.27. The SMILES string of the molecule is CC(C)(C)C(C=O)NC(=O)OC1CCOCC1. The van der Waals surface area contributed by atoms with Gasteiger partial charge in [0.2, 0.25) is 0 Å². The average Bonchev–Trinajstić information content (AvgIpc) is 2.25. The number of aldehydes is 1. The molecule has 0 saturated carbocycles. The molecule has 5 heteroatoms. The molecule has 1 fully saturated rings. The summed E-state index contributed by atoms with van der Waals surface area (Å²) in [4.78, 5) is 22.5. The molecule has 1 aliphatic heterocycles. The van der Waals surface area contributed by atoms with Gasteiger partial charge in [-0.15, -0.1) is 0 Å². The van der Waals surface area contributed by atoms with E-state index in [0.717, 1.165) is 6.29 Å². The summed E-state index contributed by atoms with van der Waals surface area (Å²) in [5.74, 6) is 0. The van der Waals surface area contributed by atoms with Crippen LogP contribution < -0.4 is 5.32 Å². The fourth-order valence-electron chi connectivity index (χ4n) is 1.56. The Morgan fingerprint density at radius 1 is 1.41 bits per heavy atom. The molecular weight excluding hydrogens is 222 g/mol. The number of ether oxygens (including phenoxy) is 2. The second-order valence-electron chi connectivity index (χ2n) is 5.34. The number of nitrogens with one attached hydrogen (secondary N) is 1. The molecule has 1 amide bonds. The van der Waals surface area contributed by atoms with Crippen LogP contribution in [0.2, 0.25) is 0 Å². The number of amides is 1. The van der Waals surface area contributed by atoms with E-state index in [1.165, 1.54) is 0 Å². The first-order valence-corrected chi connectivity index (χ1v) is 5.93. The third-order valence-corrected chi connectivity index (χ3v) is 2.78. The molecule has 0 aromatic carbocycles. The molecule has 1 heterocycles. The van der Waals surface area contributed by atoms with Crippen LogP contribution in [0.4, 0.5) is 4.79 Å². The summed E-state index contributed by atoms with van der Waals surface area (Å²) >= 11 is 0. The maximum atomic E-state index is 11.6. The third-order valence-electron chi connectivity index (χ3n) is 2.78. The number of carbonyl (C=O) groups is 2. The Labute approximate surface area is 102 Å². The number of rotatable bonds is 3. The molecule has 1 saturated heterocycles. The minimum atomic E-state index is -0.533. The van der Waals surface area contributed by atoms with Crippen LogP contribution in [-0.4, -0.2) is 37.7 Å². The lowest BCUT2D eigenvalue weighted by Crippen LogP contribution is -2.46. The number of carbonyl (C=O) groups excluding carboxylic acids is 2. The first kappa shape index (κ1) is 14.0. The molecule has 0 radical (unpaired) electrons. The largest absolute Gasteiger partial charge is 0.446 e. The van der Waals surface area contributed by atoms with E-state index in [9.17, 15) is 9.59 Å². The molecule has 1 unspecified atom stereocenters. The fourth-order valence-corrected chi connectivity index (χ4v) is 1.56.